The molecule has 3 nitrogen and oxygen atoms in total. The van der Waals surface area contributed by atoms with Crippen LogP contribution in [0.3, 0.4) is 0 Å². The summed E-state index contributed by atoms with van der Waals surface area (Å²) in [6, 6.07) is 10.3. The van der Waals surface area contributed by atoms with Crippen molar-refractivity contribution >= 4 is 10.9 Å². The number of pyridine rings is 1. The van der Waals surface area contributed by atoms with Gasteiger partial charge in [0.25, 0.3) is 0 Å². The molecule has 2 heterocycles. The van der Waals surface area contributed by atoms with E-state index in [-0.39, 0.29) is 6.10 Å². The summed E-state index contributed by atoms with van der Waals surface area (Å²) < 4.78 is 5.83. The van der Waals surface area contributed by atoms with E-state index in [1.165, 1.54) is 5.56 Å². The van der Waals surface area contributed by atoms with Crippen LogP contribution in [0.25, 0.3) is 10.9 Å². The van der Waals surface area contributed by atoms with Crippen molar-refractivity contribution in [1.82, 2.24) is 4.98 Å². The van der Waals surface area contributed by atoms with Gasteiger partial charge in [-0.3, -0.25) is 4.98 Å². The Balaban J connectivity index is 2.10. The van der Waals surface area contributed by atoms with Crippen LogP contribution in [0.4, 0.5) is 0 Å². The van der Waals surface area contributed by atoms with Gasteiger partial charge in [-0.1, -0.05) is 24.3 Å². The van der Waals surface area contributed by atoms with Crippen molar-refractivity contribution in [2.75, 3.05) is 13.2 Å². The van der Waals surface area contributed by atoms with Gasteiger partial charge >= 0.3 is 0 Å². The molecule has 88 valence electrons. The molecule has 0 amide bonds. The molecule has 2 N–H and O–H groups in total. The summed E-state index contributed by atoms with van der Waals surface area (Å²) in [4.78, 5) is 4.47. The zero-order valence-electron chi connectivity index (χ0n) is 9.67. The second kappa shape index (κ2) is 4.43. The summed E-state index contributed by atoms with van der Waals surface area (Å²) in [5.74, 6) is 0.419. The van der Waals surface area contributed by atoms with E-state index in [9.17, 15) is 0 Å². The molecule has 2 aromatic rings. The second-order valence-electron chi connectivity index (χ2n) is 4.50. The highest BCUT2D eigenvalue weighted by Crippen LogP contribution is 2.36. The van der Waals surface area contributed by atoms with Crippen LogP contribution >= 0.6 is 0 Å². The minimum atomic E-state index is 0.110. The lowest BCUT2D eigenvalue weighted by atomic mass is 9.94. The van der Waals surface area contributed by atoms with Gasteiger partial charge < -0.3 is 10.5 Å². The number of ether oxygens (including phenoxy) is 1. The molecule has 3 heteroatoms. The Kier molecular flexibility index (Phi) is 2.79. The maximum Gasteiger partial charge on any atom is 0.0886 e. The maximum absolute atomic E-state index is 5.83. The molecular formula is C14H16N2O. The molecule has 2 atom stereocenters. The third kappa shape index (κ3) is 1.81. The Labute approximate surface area is 101 Å². The van der Waals surface area contributed by atoms with E-state index < -0.39 is 0 Å². The van der Waals surface area contributed by atoms with E-state index in [0.29, 0.717) is 12.5 Å². The first kappa shape index (κ1) is 10.7. The fourth-order valence-electron chi connectivity index (χ4n) is 2.58. The Morgan fingerprint density at radius 1 is 1.29 bits per heavy atom. The Morgan fingerprint density at radius 3 is 3.06 bits per heavy atom. The van der Waals surface area contributed by atoms with E-state index in [2.05, 4.69) is 29.2 Å². The summed E-state index contributed by atoms with van der Waals surface area (Å²) in [7, 11) is 0. The van der Waals surface area contributed by atoms with Gasteiger partial charge in [-0.2, -0.15) is 0 Å². The summed E-state index contributed by atoms with van der Waals surface area (Å²) in [6.07, 6.45) is 2.99. The molecule has 1 aliphatic heterocycles. The number of nitrogens with zero attached hydrogens (tertiary/aromatic N) is 1. The molecule has 17 heavy (non-hydrogen) atoms. The molecule has 2 unspecified atom stereocenters. The third-order valence-electron chi connectivity index (χ3n) is 3.49. The van der Waals surface area contributed by atoms with Crippen molar-refractivity contribution in [1.29, 1.82) is 0 Å². The number of fused-ring (bicyclic) bond motifs is 1. The number of para-hydroxylation sites is 1. The SMILES string of the molecule is NCC1CCOC1c1cccc2cccnc12. The van der Waals surface area contributed by atoms with E-state index in [1.807, 2.05) is 12.3 Å². The third-order valence-corrected chi connectivity index (χ3v) is 3.49. The number of aromatic nitrogens is 1. The van der Waals surface area contributed by atoms with Crippen molar-refractivity contribution in [3.8, 4) is 0 Å². The van der Waals surface area contributed by atoms with Gasteiger partial charge in [-0.05, 0) is 19.0 Å². The molecule has 1 fully saturated rings. The molecule has 1 aromatic heterocycles. The summed E-state index contributed by atoms with van der Waals surface area (Å²) in [5.41, 5.74) is 8.02. The largest absolute Gasteiger partial charge is 0.373 e. The first-order valence-electron chi connectivity index (χ1n) is 6.05. The highest BCUT2D eigenvalue weighted by molar-refractivity contribution is 5.81. The van der Waals surface area contributed by atoms with Crippen LogP contribution < -0.4 is 5.73 Å². The van der Waals surface area contributed by atoms with Gasteiger partial charge in [0, 0.05) is 29.7 Å². The predicted molar refractivity (Wildman–Crippen MR) is 67.6 cm³/mol. The van der Waals surface area contributed by atoms with Crippen LogP contribution in [-0.2, 0) is 4.74 Å². The normalized spacial score (nSPS) is 24.3. The van der Waals surface area contributed by atoms with Gasteiger partial charge in [0.1, 0.15) is 0 Å². The minimum Gasteiger partial charge on any atom is -0.373 e. The van der Waals surface area contributed by atoms with Crippen LogP contribution in [0.5, 0.6) is 0 Å². The molecular weight excluding hydrogens is 212 g/mol. The van der Waals surface area contributed by atoms with E-state index in [1.54, 1.807) is 0 Å². The molecule has 1 aliphatic rings. The molecule has 0 bridgehead atoms. The van der Waals surface area contributed by atoms with Gasteiger partial charge in [0.05, 0.1) is 11.6 Å². The average molecular weight is 228 g/mol. The maximum atomic E-state index is 5.83. The smallest absolute Gasteiger partial charge is 0.0886 e. The van der Waals surface area contributed by atoms with Crippen molar-refractivity contribution in [3.63, 3.8) is 0 Å². The monoisotopic (exact) mass is 228 g/mol. The highest BCUT2D eigenvalue weighted by atomic mass is 16.5. The first-order chi connectivity index (χ1) is 8.40. The van der Waals surface area contributed by atoms with Crippen molar-refractivity contribution in [3.05, 3.63) is 42.1 Å². The molecule has 1 saturated heterocycles. The minimum absolute atomic E-state index is 0.110. The quantitative estimate of drug-likeness (QED) is 0.857. The van der Waals surface area contributed by atoms with E-state index in [0.717, 1.165) is 23.9 Å². The molecule has 1 aromatic carbocycles. The van der Waals surface area contributed by atoms with Crippen molar-refractivity contribution in [2.45, 2.75) is 12.5 Å². The van der Waals surface area contributed by atoms with Crippen molar-refractivity contribution < 1.29 is 4.74 Å². The van der Waals surface area contributed by atoms with Crippen LogP contribution in [-0.4, -0.2) is 18.1 Å². The van der Waals surface area contributed by atoms with Gasteiger partial charge in [-0.15, -0.1) is 0 Å². The van der Waals surface area contributed by atoms with Crippen LogP contribution in [0.1, 0.15) is 18.1 Å². The zero-order valence-corrected chi connectivity index (χ0v) is 9.67. The lowest BCUT2D eigenvalue weighted by molar-refractivity contribution is 0.0935. The van der Waals surface area contributed by atoms with Crippen molar-refractivity contribution in [2.24, 2.45) is 11.7 Å². The lowest BCUT2D eigenvalue weighted by Crippen LogP contribution is -2.18. The first-order valence-corrected chi connectivity index (χ1v) is 6.05. The number of hydrogen-bond acceptors (Lipinski definition) is 3. The lowest BCUT2D eigenvalue weighted by Gasteiger charge is -2.18. The second-order valence-corrected chi connectivity index (χ2v) is 4.50. The summed E-state index contributed by atoms with van der Waals surface area (Å²) in [5, 5.41) is 1.16. The number of hydrogen-bond donors (Lipinski definition) is 1. The Morgan fingerprint density at radius 2 is 2.18 bits per heavy atom. The topological polar surface area (TPSA) is 48.1 Å². The van der Waals surface area contributed by atoms with Crippen LogP contribution in [0, 0.1) is 5.92 Å². The van der Waals surface area contributed by atoms with Gasteiger partial charge in [-0.25, -0.2) is 0 Å². The molecule has 0 spiro atoms. The molecule has 0 aliphatic carbocycles. The number of rotatable bonds is 2. The number of benzene rings is 1. The molecule has 0 radical (unpaired) electrons. The average Bonchev–Trinajstić information content (AvgIpc) is 2.86. The molecule has 3 rings (SSSR count). The van der Waals surface area contributed by atoms with Gasteiger partial charge in [0.2, 0.25) is 0 Å². The van der Waals surface area contributed by atoms with Crippen LogP contribution in [0.2, 0.25) is 0 Å². The van der Waals surface area contributed by atoms with E-state index >= 15 is 0 Å². The fourth-order valence-corrected chi connectivity index (χ4v) is 2.58. The zero-order chi connectivity index (χ0) is 11.7. The fraction of sp³-hybridized carbons (Fsp3) is 0.357. The molecule has 0 saturated carbocycles. The number of nitrogens with two attached hydrogens (primary N) is 1. The Bertz CT molecular complexity index is 521. The standard InChI is InChI=1S/C14H16N2O/c15-9-11-6-8-17-14(11)12-5-1-3-10-4-2-7-16-13(10)12/h1-5,7,11,14H,6,8-9,15H2. The summed E-state index contributed by atoms with van der Waals surface area (Å²) in [6.45, 7) is 1.48. The highest BCUT2D eigenvalue weighted by Gasteiger charge is 2.29. The van der Waals surface area contributed by atoms with Gasteiger partial charge in [0.15, 0.2) is 0 Å². The predicted octanol–water partition coefficient (Wildman–Crippen LogP) is 2.27. The van der Waals surface area contributed by atoms with Crippen LogP contribution in [0.15, 0.2) is 36.5 Å². The Hall–Kier alpha value is -1.45. The summed E-state index contributed by atoms with van der Waals surface area (Å²) >= 11 is 0. The van der Waals surface area contributed by atoms with E-state index in [4.69, 9.17) is 10.5 Å².